The molecule has 0 spiro atoms. The lowest BCUT2D eigenvalue weighted by Crippen LogP contribution is -2.21. The molecular formula is C14H18O5. The van der Waals surface area contributed by atoms with Gasteiger partial charge in [-0.05, 0) is 24.6 Å². The van der Waals surface area contributed by atoms with Crippen LogP contribution in [0.4, 0.5) is 0 Å². The fraction of sp³-hybridized carbons (Fsp3) is 0.357. The van der Waals surface area contributed by atoms with E-state index in [1.807, 2.05) is 0 Å². The average molecular weight is 266 g/mol. The fourth-order valence-electron chi connectivity index (χ4n) is 1.24. The minimum absolute atomic E-state index is 0.00546. The van der Waals surface area contributed by atoms with Gasteiger partial charge >= 0.3 is 5.97 Å². The van der Waals surface area contributed by atoms with Crippen molar-refractivity contribution in [2.24, 2.45) is 0 Å². The maximum Gasteiger partial charge on any atom is 0.333 e. The minimum Gasteiger partial charge on any atom is -0.491 e. The van der Waals surface area contributed by atoms with E-state index in [1.165, 1.54) is 0 Å². The summed E-state index contributed by atoms with van der Waals surface area (Å²) >= 11 is 0. The van der Waals surface area contributed by atoms with Gasteiger partial charge in [-0.25, -0.2) is 4.79 Å². The first-order valence-corrected chi connectivity index (χ1v) is 5.86. The van der Waals surface area contributed by atoms with E-state index >= 15 is 0 Å². The number of rotatable bonds is 7. The molecule has 0 aliphatic carbocycles. The Morgan fingerprint density at radius 2 is 2.21 bits per heavy atom. The van der Waals surface area contributed by atoms with E-state index in [0.29, 0.717) is 11.3 Å². The Kier molecular flexibility index (Phi) is 6.05. The maximum atomic E-state index is 11.2. The first-order chi connectivity index (χ1) is 9.02. The van der Waals surface area contributed by atoms with Crippen molar-refractivity contribution < 1.29 is 24.5 Å². The molecule has 5 heteroatoms. The van der Waals surface area contributed by atoms with Crippen molar-refractivity contribution in [2.75, 3.05) is 13.2 Å². The van der Waals surface area contributed by atoms with Crippen molar-refractivity contribution in [3.63, 3.8) is 0 Å². The first-order valence-electron chi connectivity index (χ1n) is 5.86. The zero-order chi connectivity index (χ0) is 14.3. The van der Waals surface area contributed by atoms with E-state index in [2.05, 4.69) is 6.58 Å². The van der Waals surface area contributed by atoms with Crippen LogP contribution in [0.15, 0.2) is 36.4 Å². The summed E-state index contributed by atoms with van der Waals surface area (Å²) in [6, 6.07) is 6.97. The number of esters is 1. The third-order valence-corrected chi connectivity index (χ3v) is 2.27. The summed E-state index contributed by atoms with van der Waals surface area (Å²) in [6.45, 7) is 4.86. The molecule has 0 amide bonds. The second kappa shape index (κ2) is 7.56. The van der Waals surface area contributed by atoms with Crippen LogP contribution in [0.25, 0.3) is 0 Å². The monoisotopic (exact) mass is 266 g/mol. The van der Waals surface area contributed by atoms with E-state index in [1.54, 1.807) is 31.2 Å². The number of ether oxygens (including phenoxy) is 2. The molecule has 1 aromatic rings. The summed E-state index contributed by atoms with van der Waals surface area (Å²) in [5.41, 5.74) is 1.11. The highest BCUT2D eigenvalue weighted by molar-refractivity contribution is 5.86. The standard InChI is InChI=1S/C14H18O5/c1-10(2)14(17)19-8-11-4-3-5-13(6-11)18-9-12(16)7-15/h3-6,12,15-16H,1,7-9H2,2H3. The molecule has 5 nitrogen and oxygen atoms in total. The SMILES string of the molecule is C=C(C)C(=O)OCc1cccc(OCC(O)CO)c1. The predicted octanol–water partition coefficient (Wildman–Crippen LogP) is 1.04. The van der Waals surface area contributed by atoms with Crippen LogP contribution in [-0.2, 0) is 16.1 Å². The number of aliphatic hydroxyl groups excluding tert-OH is 2. The molecule has 1 aromatic carbocycles. The van der Waals surface area contributed by atoms with Gasteiger partial charge in [0.2, 0.25) is 0 Å². The molecule has 0 aromatic heterocycles. The van der Waals surface area contributed by atoms with Crippen molar-refractivity contribution in [1.29, 1.82) is 0 Å². The molecule has 0 heterocycles. The van der Waals surface area contributed by atoms with Crippen LogP contribution in [0, 0.1) is 0 Å². The summed E-state index contributed by atoms with van der Waals surface area (Å²) in [7, 11) is 0. The summed E-state index contributed by atoms with van der Waals surface area (Å²) in [5, 5.41) is 17.8. The van der Waals surface area contributed by atoms with Crippen LogP contribution in [-0.4, -0.2) is 35.5 Å². The smallest absolute Gasteiger partial charge is 0.333 e. The van der Waals surface area contributed by atoms with Crippen LogP contribution in [0.5, 0.6) is 5.75 Å². The molecule has 0 fully saturated rings. The Morgan fingerprint density at radius 3 is 2.84 bits per heavy atom. The van der Waals surface area contributed by atoms with Gasteiger partial charge in [-0.3, -0.25) is 0 Å². The van der Waals surface area contributed by atoms with Gasteiger partial charge in [-0.15, -0.1) is 0 Å². The number of carbonyl (C=O) groups excluding carboxylic acids is 1. The Hall–Kier alpha value is -1.85. The van der Waals surface area contributed by atoms with Crippen LogP contribution in [0.1, 0.15) is 12.5 Å². The van der Waals surface area contributed by atoms with Gasteiger partial charge in [0.25, 0.3) is 0 Å². The van der Waals surface area contributed by atoms with Gasteiger partial charge in [0.15, 0.2) is 0 Å². The number of carbonyl (C=O) groups is 1. The van der Waals surface area contributed by atoms with E-state index in [-0.39, 0.29) is 19.8 Å². The summed E-state index contributed by atoms with van der Waals surface area (Å²) < 4.78 is 10.3. The molecule has 1 atom stereocenters. The van der Waals surface area contributed by atoms with Crippen molar-refractivity contribution >= 4 is 5.97 Å². The largest absolute Gasteiger partial charge is 0.491 e. The number of hydrogen-bond acceptors (Lipinski definition) is 5. The highest BCUT2D eigenvalue weighted by atomic mass is 16.5. The summed E-state index contributed by atoms with van der Waals surface area (Å²) in [5.74, 6) is 0.0957. The zero-order valence-electron chi connectivity index (χ0n) is 10.8. The van der Waals surface area contributed by atoms with Crippen molar-refractivity contribution in [2.45, 2.75) is 19.6 Å². The molecule has 2 N–H and O–H groups in total. The molecule has 0 saturated heterocycles. The Balaban J connectivity index is 2.52. The fourth-order valence-corrected chi connectivity index (χ4v) is 1.24. The Bertz CT molecular complexity index is 441. The highest BCUT2D eigenvalue weighted by Crippen LogP contribution is 2.14. The summed E-state index contributed by atoms with van der Waals surface area (Å²) in [4.78, 5) is 11.2. The van der Waals surface area contributed by atoms with Gasteiger partial charge in [-0.1, -0.05) is 18.7 Å². The lowest BCUT2D eigenvalue weighted by molar-refractivity contribution is -0.140. The first kappa shape index (κ1) is 15.2. The van der Waals surface area contributed by atoms with E-state index < -0.39 is 12.1 Å². The van der Waals surface area contributed by atoms with Gasteiger partial charge in [0.1, 0.15) is 25.1 Å². The zero-order valence-corrected chi connectivity index (χ0v) is 10.8. The van der Waals surface area contributed by atoms with Crippen LogP contribution < -0.4 is 4.74 Å². The molecule has 0 saturated carbocycles. The van der Waals surface area contributed by atoms with Gasteiger partial charge in [0.05, 0.1) is 6.61 Å². The van der Waals surface area contributed by atoms with E-state index in [9.17, 15) is 9.90 Å². The van der Waals surface area contributed by atoms with Gasteiger partial charge < -0.3 is 19.7 Å². The molecule has 0 radical (unpaired) electrons. The van der Waals surface area contributed by atoms with E-state index in [4.69, 9.17) is 14.6 Å². The number of benzene rings is 1. The molecule has 0 bridgehead atoms. The quantitative estimate of drug-likeness (QED) is 0.569. The molecule has 0 aliphatic rings. The minimum atomic E-state index is -0.912. The second-order valence-corrected chi connectivity index (χ2v) is 4.15. The Morgan fingerprint density at radius 1 is 1.47 bits per heavy atom. The van der Waals surface area contributed by atoms with Crippen molar-refractivity contribution in [3.8, 4) is 5.75 Å². The molecule has 19 heavy (non-hydrogen) atoms. The Labute approximate surface area is 112 Å². The molecule has 104 valence electrons. The van der Waals surface area contributed by atoms with Crippen LogP contribution in [0.2, 0.25) is 0 Å². The lowest BCUT2D eigenvalue weighted by atomic mass is 10.2. The van der Waals surface area contributed by atoms with Crippen LogP contribution in [0.3, 0.4) is 0 Å². The van der Waals surface area contributed by atoms with Crippen molar-refractivity contribution in [1.82, 2.24) is 0 Å². The number of aliphatic hydroxyl groups is 2. The molecule has 1 rings (SSSR count). The maximum absolute atomic E-state index is 11.2. The third kappa shape index (κ3) is 5.54. The van der Waals surface area contributed by atoms with Gasteiger partial charge in [0, 0.05) is 5.57 Å². The van der Waals surface area contributed by atoms with Gasteiger partial charge in [-0.2, -0.15) is 0 Å². The van der Waals surface area contributed by atoms with Crippen molar-refractivity contribution in [3.05, 3.63) is 42.0 Å². The number of hydrogen-bond donors (Lipinski definition) is 2. The molecule has 1 unspecified atom stereocenters. The third-order valence-electron chi connectivity index (χ3n) is 2.27. The predicted molar refractivity (Wildman–Crippen MR) is 69.6 cm³/mol. The second-order valence-electron chi connectivity index (χ2n) is 4.15. The summed E-state index contributed by atoms with van der Waals surface area (Å²) in [6.07, 6.45) is -0.912. The normalized spacial score (nSPS) is 11.7. The van der Waals surface area contributed by atoms with Crippen LogP contribution >= 0.6 is 0 Å². The lowest BCUT2D eigenvalue weighted by Gasteiger charge is -2.11. The highest BCUT2D eigenvalue weighted by Gasteiger charge is 2.06. The topological polar surface area (TPSA) is 76.0 Å². The van der Waals surface area contributed by atoms with E-state index in [0.717, 1.165) is 5.56 Å². The average Bonchev–Trinajstić information content (AvgIpc) is 2.42. The molecular weight excluding hydrogens is 248 g/mol. The molecule has 0 aliphatic heterocycles.